The molecular formula is C24H25N5. The number of aromatic amines is 1. The molecule has 3 heterocycles. The fourth-order valence-electron chi connectivity index (χ4n) is 4.29. The lowest BCUT2D eigenvalue weighted by molar-refractivity contribution is 0.738. The van der Waals surface area contributed by atoms with E-state index in [-0.39, 0.29) is 0 Å². The van der Waals surface area contributed by atoms with E-state index in [1.165, 1.54) is 27.7 Å². The van der Waals surface area contributed by atoms with Crippen molar-refractivity contribution in [2.75, 3.05) is 16.8 Å². The highest BCUT2D eigenvalue weighted by molar-refractivity contribution is 5.83. The number of aromatic nitrogens is 3. The third kappa shape index (κ3) is 3.33. The van der Waals surface area contributed by atoms with Crippen LogP contribution in [-0.4, -0.2) is 27.5 Å². The zero-order valence-electron chi connectivity index (χ0n) is 16.8. The van der Waals surface area contributed by atoms with Crippen molar-refractivity contribution < 1.29 is 0 Å². The van der Waals surface area contributed by atoms with Crippen LogP contribution in [0.1, 0.15) is 23.7 Å². The van der Waals surface area contributed by atoms with E-state index in [0.717, 1.165) is 36.8 Å². The summed E-state index contributed by atoms with van der Waals surface area (Å²) >= 11 is 0. The molecule has 5 rings (SSSR count). The summed E-state index contributed by atoms with van der Waals surface area (Å²) in [5.74, 6) is 1.65. The topological polar surface area (TPSA) is 56.8 Å². The molecule has 0 saturated carbocycles. The summed E-state index contributed by atoms with van der Waals surface area (Å²) in [5, 5.41) is 4.79. The molecule has 146 valence electrons. The number of nitrogens with zero attached hydrogens (tertiary/aromatic N) is 3. The first-order chi connectivity index (χ1) is 14.2. The summed E-state index contributed by atoms with van der Waals surface area (Å²) in [6.07, 6.45) is 4.06. The van der Waals surface area contributed by atoms with Gasteiger partial charge in [0, 0.05) is 47.1 Å². The first-order valence-electron chi connectivity index (χ1n) is 10.2. The molecular weight excluding hydrogens is 358 g/mol. The maximum atomic E-state index is 4.84. The number of aryl methyl sites for hydroxylation is 1. The average Bonchev–Trinajstić information content (AvgIpc) is 3.28. The largest absolute Gasteiger partial charge is 0.370 e. The van der Waals surface area contributed by atoms with Gasteiger partial charge in [0.1, 0.15) is 5.82 Å². The second kappa shape index (κ2) is 7.24. The van der Waals surface area contributed by atoms with Crippen LogP contribution >= 0.6 is 0 Å². The van der Waals surface area contributed by atoms with E-state index >= 15 is 0 Å². The summed E-state index contributed by atoms with van der Waals surface area (Å²) in [6.45, 7) is 5.09. The van der Waals surface area contributed by atoms with Gasteiger partial charge in [0.2, 0.25) is 5.95 Å². The monoisotopic (exact) mass is 383 g/mol. The van der Waals surface area contributed by atoms with Gasteiger partial charge < -0.3 is 15.2 Å². The van der Waals surface area contributed by atoms with Crippen LogP contribution in [0.4, 0.5) is 17.5 Å². The molecule has 0 aliphatic carbocycles. The normalized spacial score (nSPS) is 15.7. The first-order valence-corrected chi connectivity index (χ1v) is 10.2. The van der Waals surface area contributed by atoms with Gasteiger partial charge in [-0.2, -0.15) is 4.98 Å². The smallest absolute Gasteiger partial charge is 0.232 e. The lowest BCUT2D eigenvalue weighted by Crippen LogP contribution is -2.26. The van der Waals surface area contributed by atoms with Crippen molar-refractivity contribution in [2.24, 2.45) is 0 Å². The van der Waals surface area contributed by atoms with E-state index in [4.69, 9.17) is 9.97 Å². The summed E-state index contributed by atoms with van der Waals surface area (Å²) < 4.78 is 0. The zero-order chi connectivity index (χ0) is 19.8. The Hall–Kier alpha value is -3.34. The molecule has 0 fully saturated rings. The van der Waals surface area contributed by atoms with Crippen molar-refractivity contribution in [2.45, 2.75) is 32.7 Å². The van der Waals surface area contributed by atoms with E-state index < -0.39 is 0 Å². The highest BCUT2D eigenvalue weighted by Crippen LogP contribution is 2.36. The third-order valence-electron chi connectivity index (χ3n) is 5.64. The Morgan fingerprint density at radius 3 is 2.86 bits per heavy atom. The van der Waals surface area contributed by atoms with Gasteiger partial charge >= 0.3 is 0 Å². The average molecular weight is 383 g/mol. The number of nitrogens with one attached hydrogen (secondary N) is 2. The predicted molar refractivity (Wildman–Crippen MR) is 119 cm³/mol. The minimum Gasteiger partial charge on any atom is -0.370 e. The van der Waals surface area contributed by atoms with Crippen molar-refractivity contribution in [3.8, 4) is 0 Å². The van der Waals surface area contributed by atoms with Crippen LogP contribution in [0.25, 0.3) is 10.9 Å². The number of hydrogen-bond acceptors (Lipinski definition) is 4. The number of H-pyrrole nitrogens is 1. The van der Waals surface area contributed by atoms with Crippen molar-refractivity contribution in [1.29, 1.82) is 0 Å². The number of hydrogen-bond donors (Lipinski definition) is 2. The number of benzene rings is 2. The fraction of sp³-hybridized carbons (Fsp3) is 0.250. The van der Waals surface area contributed by atoms with E-state index in [9.17, 15) is 0 Å². The second-order valence-corrected chi connectivity index (χ2v) is 7.78. The van der Waals surface area contributed by atoms with Gasteiger partial charge in [0.15, 0.2) is 0 Å². The van der Waals surface area contributed by atoms with E-state index in [1.54, 1.807) is 0 Å². The molecule has 1 unspecified atom stereocenters. The summed E-state index contributed by atoms with van der Waals surface area (Å²) in [5.41, 5.74) is 6.06. The van der Waals surface area contributed by atoms with Crippen LogP contribution in [0, 0.1) is 6.92 Å². The quantitative estimate of drug-likeness (QED) is 0.509. The van der Waals surface area contributed by atoms with Gasteiger partial charge in [-0.05, 0) is 49.9 Å². The zero-order valence-corrected chi connectivity index (χ0v) is 16.8. The Morgan fingerprint density at radius 2 is 1.93 bits per heavy atom. The van der Waals surface area contributed by atoms with Crippen LogP contribution < -0.4 is 10.2 Å². The van der Waals surface area contributed by atoms with Gasteiger partial charge in [-0.15, -0.1) is 0 Å². The van der Waals surface area contributed by atoms with Crippen LogP contribution in [0.2, 0.25) is 0 Å². The molecule has 4 aromatic rings. The Kier molecular flexibility index (Phi) is 4.43. The standard InChI is InChI=1S/C24H25N5/c1-16-13-23(25-12-11-19-15-26-21-9-5-4-8-20(19)21)28-24(27-16)29-17(2)14-18-7-3-6-10-22(18)29/h3-10,13,15,17,26H,11-12,14H2,1-2H3,(H,25,27,28). The molecule has 0 bridgehead atoms. The second-order valence-electron chi connectivity index (χ2n) is 7.78. The van der Waals surface area contributed by atoms with Gasteiger partial charge in [-0.1, -0.05) is 36.4 Å². The number of rotatable bonds is 5. The van der Waals surface area contributed by atoms with Crippen LogP contribution in [0.15, 0.2) is 60.8 Å². The minimum absolute atomic E-state index is 0.355. The number of para-hydroxylation sites is 2. The molecule has 1 atom stereocenters. The predicted octanol–water partition coefficient (Wildman–Crippen LogP) is 5.00. The SMILES string of the molecule is Cc1cc(NCCc2c[nH]c3ccccc23)nc(N2c3ccccc3CC2C)n1. The van der Waals surface area contributed by atoms with Gasteiger partial charge in [-0.3, -0.25) is 0 Å². The first kappa shape index (κ1) is 17.7. The maximum absolute atomic E-state index is 4.84. The Bertz CT molecular complexity index is 1160. The molecule has 29 heavy (non-hydrogen) atoms. The molecule has 2 N–H and O–H groups in total. The van der Waals surface area contributed by atoms with Crippen molar-refractivity contribution in [1.82, 2.24) is 15.0 Å². The number of fused-ring (bicyclic) bond motifs is 2. The van der Waals surface area contributed by atoms with Crippen LogP contribution in [0.3, 0.4) is 0 Å². The minimum atomic E-state index is 0.355. The van der Waals surface area contributed by atoms with Crippen LogP contribution in [0.5, 0.6) is 0 Å². The van der Waals surface area contributed by atoms with E-state index in [2.05, 4.69) is 76.9 Å². The lowest BCUT2D eigenvalue weighted by Gasteiger charge is -2.23. The third-order valence-corrected chi connectivity index (χ3v) is 5.64. The van der Waals surface area contributed by atoms with E-state index in [1.807, 2.05) is 13.0 Å². The molecule has 2 aromatic heterocycles. The Morgan fingerprint density at radius 1 is 1.10 bits per heavy atom. The lowest BCUT2D eigenvalue weighted by atomic mass is 10.1. The van der Waals surface area contributed by atoms with Crippen LogP contribution in [-0.2, 0) is 12.8 Å². The fourth-order valence-corrected chi connectivity index (χ4v) is 4.29. The van der Waals surface area contributed by atoms with Gasteiger partial charge in [0.25, 0.3) is 0 Å². The number of anilines is 3. The molecule has 1 aliphatic heterocycles. The maximum Gasteiger partial charge on any atom is 0.232 e. The van der Waals surface area contributed by atoms with Gasteiger partial charge in [0.05, 0.1) is 0 Å². The molecule has 1 aliphatic rings. The molecule has 5 nitrogen and oxygen atoms in total. The summed E-state index contributed by atoms with van der Waals surface area (Å²) in [4.78, 5) is 15.2. The summed E-state index contributed by atoms with van der Waals surface area (Å²) in [6, 6.07) is 19.3. The van der Waals surface area contributed by atoms with E-state index in [0.29, 0.717) is 6.04 Å². The highest BCUT2D eigenvalue weighted by Gasteiger charge is 2.28. The molecule has 0 spiro atoms. The summed E-state index contributed by atoms with van der Waals surface area (Å²) in [7, 11) is 0. The Labute approximate surface area is 170 Å². The van der Waals surface area contributed by atoms with Crippen molar-refractivity contribution >= 4 is 28.4 Å². The van der Waals surface area contributed by atoms with Crippen molar-refractivity contribution in [3.63, 3.8) is 0 Å². The molecule has 2 aromatic carbocycles. The Balaban J connectivity index is 1.35. The molecule has 0 amide bonds. The molecule has 0 saturated heterocycles. The molecule has 5 heteroatoms. The molecule has 0 radical (unpaired) electrons. The highest BCUT2D eigenvalue weighted by atomic mass is 15.3. The van der Waals surface area contributed by atoms with Crippen molar-refractivity contribution in [3.05, 3.63) is 77.6 Å². The van der Waals surface area contributed by atoms with Gasteiger partial charge in [-0.25, -0.2) is 4.98 Å².